The number of hydrogen-bond acceptors (Lipinski definition) is 5. The first-order chi connectivity index (χ1) is 9.29. The van der Waals surface area contributed by atoms with Gasteiger partial charge in [0.25, 0.3) is 0 Å². The van der Waals surface area contributed by atoms with Gasteiger partial charge in [0.1, 0.15) is 11.7 Å². The van der Waals surface area contributed by atoms with Crippen molar-refractivity contribution in [2.24, 2.45) is 0 Å². The topological polar surface area (TPSA) is 86.5 Å². The van der Waals surface area contributed by atoms with E-state index in [2.05, 4.69) is 4.74 Å². The van der Waals surface area contributed by atoms with Crippen LogP contribution in [-0.4, -0.2) is 23.3 Å². The molecule has 0 saturated heterocycles. The summed E-state index contributed by atoms with van der Waals surface area (Å²) >= 11 is 0. The van der Waals surface area contributed by atoms with Crippen molar-refractivity contribution in [3.8, 4) is 0 Å². The Kier molecular flexibility index (Phi) is 4.84. The summed E-state index contributed by atoms with van der Waals surface area (Å²) in [7, 11) is 0. The lowest BCUT2D eigenvalue weighted by Gasteiger charge is -2.13. The van der Waals surface area contributed by atoms with Crippen molar-refractivity contribution in [3.05, 3.63) is 39.4 Å². The number of nitrogens with zero attached hydrogens (tertiary/aromatic N) is 1. The molecule has 0 radical (unpaired) electrons. The number of halogens is 2. The number of ether oxygens (including phenoxy) is 1. The number of benzene rings is 1. The lowest BCUT2D eigenvalue weighted by atomic mass is 9.95. The molecule has 0 N–H and O–H groups in total. The first-order valence-corrected chi connectivity index (χ1v) is 5.60. The zero-order chi connectivity index (χ0) is 15.4. The molecule has 108 valence electrons. The minimum atomic E-state index is -1.51. The molecule has 0 spiro atoms. The molecule has 0 fully saturated rings. The average molecular weight is 287 g/mol. The van der Waals surface area contributed by atoms with Gasteiger partial charge in [0.15, 0.2) is 0 Å². The second-order valence-corrected chi connectivity index (χ2v) is 3.89. The fourth-order valence-corrected chi connectivity index (χ4v) is 1.69. The van der Waals surface area contributed by atoms with Crippen molar-refractivity contribution in [1.29, 1.82) is 0 Å². The Hall–Kier alpha value is -2.38. The minimum Gasteiger partial charge on any atom is -0.465 e. The van der Waals surface area contributed by atoms with E-state index in [1.165, 1.54) is 6.92 Å². The van der Waals surface area contributed by atoms with Crippen LogP contribution in [0.4, 0.5) is 14.5 Å². The van der Waals surface area contributed by atoms with Crippen LogP contribution in [0.3, 0.4) is 0 Å². The maximum Gasteiger partial charge on any atom is 0.340 e. The number of Topliss-reactive ketones (excluding diaryl/α,β-unsaturated/α-hetero) is 1. The summed E-state index contributed by atoms with van der Waals surface area (Å²) in [4.78, 5) is 32.3. The predicted molar refractivity (Wildman–Crippen MR) is 63.1 cm³/mol. The van der Waals surface area contributed by atoms with E-state index in [0.717, 1.165) is 6.92 Å². The molecular weight excluding hydrogens is 276 g/mol. The molecule has 0 aromatic heterocycles. The van der Waals surface area contributed by atoms with E-state index in [1.54, 1.807) is 0 Å². The average Bonchev–Trinajstić information content (AvgIpc) is 2.26. The number of carbonyl (C=O) groups excluding carboxylic acids is 2. The molecule has 0 aliphatic heterocycles. The molecule has 8 heteroatoms. The van der Waals surface area contributed by atoms with E-state index in [-0.39, 0.29) is 12.2 Å². The highest BCUT2D eigenvalue weighted by molar-refractivity contribution is 6.03. The Morgan fingerprint density at radius 2 is 1.85 bits per heavy atom. The van der Waals surface area contributed by atoms with Gasteiger partial charge in [0.05, 0.1) is 11.5 Å². The Labute approximate surface area is 112 Å². The zero-order valence-corrected chi connectivity index (χ0v) is 10.7. The standard InChI is InChI=1S/C12H11F2NO5/c1-3-20-12(17)10(6(2)16)7-4-8(13)11(15(18)19)9(14)5-7/h4-5,10H,3H2,1-2H3. The number of esters is 1. The van der Waals surface area contributed by atoms with Crippen LogP contribution < -0.4 is 0 Å². The van der Waals surface area contributed by atoms with Crippen molar-refractivity contribution < 1.29 is 28.0 Å². The van der Waals surface area contributed by atoms with Gasteiger partial charge < -0.3 is 4.74 Å². The molecule has 20 heavy (non-hydrogen) atoms. The normalized spacial score (nSPS) is 11.8. The lowest BCUT2D eigenvalue weighted by Crippen LogP contribution is -2.22. The van der Waals surface area contributed by atoms with Gasteiger partial charge in [-0.1, -0.05) is 0 Å². The van der Waals surface area contributed by atoms with Crippen molar-refractivity contribution in [2.75, 3.05) is 6.61 Å². The Morgan fingerprint density at radius 3 is 2.20 bits per heavy atom. The quantitative estimate of drug-likeness (QED) is 0.358. The number of nitro benzene ring substituents is 1. The van der Waals surface area contributed by atoms with E-state index in [1.807, 2.05) is 0 Å². The highest BCUT2D eigenvalue weighted by Gasteiger charge is 2.31. The summed E-state index contributed by atoms with van der Waals surface area (Å²) < 4.78 is 31.6. The van der Waals surface area contributed by atoms with E-state index in [4.69, 9.17) is 0 Å². The van der Waals surface area contributed by atoms with Gasteiger partial charge in [-0.15, -0.1) is 0 Å². The van der Waals surface area contributed by atoms with E-state index >= 15 is 0 Å². The fraction of sp³-hybridized carbons (Fsp3) is 0.333. The van der Waals surface area contributed by atoms with Crippen molar-refractivity contribution in [3.63, 3.8) is 0 Å². The molecule has 0 aliphatic carbocycles. The van der Waals surface area contributed by atoms with Gasteiger partial charge in [-0.05, 0) is 31.5 Å². The van der Waals surface area contributed by atoms with Crippen molar-refractivity contribution in [2.45, 2.75) is 19.8 Å². The Balaban J connectivity index is 3.33. The third kappa shape index (κ3) is 3.14. The van der Waals surface area contributed by atoms with Crippen LogP contribution in [0.1, 0.15) is 25.3 Å². The highest BCUT2D eigenvalue weighted by atomic mass is 19.1. The summed E-state index contributed by atoms with van der Waals surface area (Å²) in [6.45, 7) is 2.55. The number of hydrogen-bond donors (Lipinski definition) is 0. The summed E-state index contributed by atoms with van der Waals surface area (Å²) in [5.74, 6) is -6.08. The van der Waals surface area contributed by atoms with E-state index in [0.29, 0.717) is 12.1 Å². The summed E-state index contributed by atoms with van der Waals surface area (Å²) in [5.41, 5.74) is -1.66. The van der Waals surface area contributed by atoms with Gasteiger partial charge >= 0.3 is 11.7 Å². The Morgan fingerprint density at radius 1 is 1.35 bits per heavy atom. The van der Waals surface area contributed by atoms with Crippen LogP contribution in [0.5, 0.6) is 0 Å². The van der Waals surface area contributed by atoms with Crippen molar-refractivity contribution >= 4 is 17.4 Å². The molecule has 1 rings (SSSR count). The van der Waals surface area contributed by atoms with Crippen LogP contribution in [0.2, 0.25) is 0 Å². The molecule has 0 heterocycles. The van der Waals surface area contributed by atoms with Gasteiger partial charge in [-0.25, -0.2) is 0 Å². The molecule has 0 bridgehead atoms. The van der Waals surface area contributed by atoms with Crippen molar-refractivity contribution in [1.82, 2.24) is 0 Å². The molecule has 1 aromatic rings. The molecular formula is C12H11F2NO5. The molecule has 0 amide bonds. The second kappa shape index (κ2) is 6.18. The first-order valence-electron chi connectivity index (χ1n) is 5.60. The highest BCUT2D eigenvalue weighted by Crippen LogP contribution is 2.28. The van der Waals surface area contributed by atoms with Gasteiger partial charge in [-0.3, -0.25) is 19.7 Å². The van der Waals surface area contributed by atoms with Crippen LogP contribution in [0, 0.1) is 21.7 Å². The van der Waals surface area contributed by atoms with E-state index in [9.17, 15) is 28.5 Å². The first kappa shape index (κ1) is 15.7. The predicted octanol–water partition coefficient (Wildman–Crippen LogP) is 2.11. The summed E-state index contributed by atoms with van der Waals surface area (Å²) in [6.07, 6.45) is 0. The second-order valence-electron chi connectivity index (χ2n) is 3.89. The SMILES string of the molecule is CCOC(=O)C(C(C)=O)c1cc(F)c([N+](=O)[O-])c(F)c1. The minimum absolute atomic E-state index is 0.0133. The fourth-order valence-electron chi connectivity index (χ4n) is 1.69. The lowest BCUT2D eigenvalue weighted by molar-refractivity contribution is -0.390. The maximum absolute atomic E-state index is 13.5. The van der Waals surface area contributed by atoms with Gasteiger partial charge in [0.2, 0.25) is 11.6 Å². The van der Waals surface area contributed by atoms with Crippen LogP contribution >= 0.6 is 0 Å². The number of ketones is 1. The Bertz CT molecular complexity index is 550. The third-order valence-electron chi connectivity index (χ3n) is 2.48. The number of rotatable bonds is 5. The van der Waals surface area contributed by atoms with Crippen LogP contribution in [0.25, 0.3) is 0 Å². The largest absolute Gasteiger partial charge is 0.465 e. The van der Waals surface area contributed by atoms with E-state index < -0.39 is 39.9 Å². The molecule has 1 aromatic carbocycles. The summed E-state index contributed by atoms with van der Waals surface area (Å²) in [5, 5.41) is 10.5. The number of carbonyl (C=O) groups is 2. The van der Waals surface area contributed by atoms with Gasteiger partial charge in [0, 0.05) is 0 Å². The summed E-state index contributed by atoms with van der Waals surface area (Å²) in [6, 6.07) is 1.17. The molecule has 1 unspecified atom stereocenters. The van der Waals surface area contributed by atoms with Crippen LogP contribution in [0.15, 0.2) is 12.1 Å². The molecule has 1 atom stereocenters. The number of nitro groups is 1. The smallest absolute Gasteiger partial charge is 0.340 e. The maximum atomic E-state index is 13.5. The molecule has 0 saturated carbocycles. The zero-order valence-electron chi connectivity index (χ0n) is 10.7. The van der Waals surface area contributed by atoms with Crippen LogP contribution in [-0.2, 0) is 14.3 Å². The monoisotopic (exact) mass is 287 g/mol. The third-order valence-corrected chi connectivity index (χ3v) is 2.48. The molecule has 0 aliphatic rings. The van der Waals surface area contributed by atoms with Gasteiger partial charge in [-0.2, -0.15) is 8.78 Å². The molecule has 6 nitrogen and oxygen atoms in total.